The first kappa shape index (κ1) is 61.0. The molecule has 0 bridgehead atoms. The van der Waals surface area contributed by atoms with Crippen LogP contribution in [0.1, 0.15) is 258 Å². The van der Waals surface area contributed by atoms with Gasteiger partial charge in [-0.05, 0) is 44.9 Å². The molecule has 9 heteroatoms. The van der Waals surface area contributed by atoms with Gasteiger partial charge in [0.2, 0.25) is 5.91 Å². The minimum absolute atomic E-state index is 0.000137. The van der Waals surface area contributed by atoms with Crippen LogP contribution in [-0.4, -0.2) is 68.5 Å². The number of carbonyl (C=O) groups is 1. The molecule has 0 heterocycles. The van der Waals surface area contributed by atoms with E-state index in [1.54, 1.807) is 6.08 Å². The Labute approximate surface area is 385 Å². The number of rotatable bonds is 49. The number of nitrogens with one attached hydrogen (secondary N) is 1. The number of nitrogens with zero attached hydrogens (tertiary/aromatic N) is 1. The lowest BCUT2D eigenvalue weighted by Crippen LogP contribution is -2.45. The molecule has 0 spiro atoms. The van der Waals surface area contributed by atoms with Gasteiger partial charge in [-0.2, -0.15) is 0 Å². The molecule has 0 aromatic rings. The lowest BCUT2D eigenvalue weighted by Gasteiger charge is -2.29. The van der Waals surface area contributed by atoms with Crippen molar-refractivity contribution in [3.8, 4) is 0 Å². The van der Waals surface area contributed by atoms with E-state index in [0.29, 0.717) is 17.4 Å². The number of amides is 1. The fourth-order valence-corrected chi connectivity index (χ4v) is 8.64. The zero-order valence-corrected chi connectivity index (χ0v) is 42.7. The van der Waals surface area contributed by atoms with Crippen molar-refractivity contribution in [3.05, 3.63) is 24.3 Å². The molecule has 62 heavy (non-hydrogen) atoms. The molecule has 1 amide bonds. The maximum Gasteiger partial charge on any atom is 0.268 e. The standard InChI is InChI=1S/C53H105N2O6P/c1-6-8-10-12-14-16-18-20-22-24-25-26-27-28-29-30-31-33-35-37-39-41-43-45-47-53(57)54-51(50-61-62(58,59)60-49-48-55(3,4)5)52(56)46-44-42-40-38-36-34-32-23-21-19-17-15-13-11-9-7-2/h28-29,44,46,51-52,56H,6-27,30-43,45,47-50H2,1-5H3,(H-,54,57,58,59)/b29-28-,46-44+. The van der Waals surface area contributed by atoms with Crippen molar-refractivity contribution < 1.29 is 32.9 Å². The number of phosphoric ester groups is 1. The number of aliphatic hydroxyl groups is 1. The second-order valence-electron chi connectivity index (χ2n) is 19.6. The Morgan fingerprint density at radius 3 is 1.26 bits per heavy atom. The Kier molecular flexibility index (Phi) is 44.4. The molecule has 8 nitrogen and oxygen atoms in total. The Balaban J connectivity index is 4.23. The second kappa shape index (κ2) is 45.1. The molecule has 0 rings (SSSR count). The molecule has 368 valence electrons. The van der Waals surface area contributed by atoms with Crippen LogP contribution in [0.5, 0.6) is 0 Å². The van der Waals surface area contributed by atoms with Gasteiger partial charge in [0, 0.05) is 6.42 Å². The van der Waals surface area contributed by atoms with Gasteiger partial charge in [-0.1, -0.05) is 231 Å². The molecular weight excluding hydrogens is 792 g/mol. The molecule has 0 aliphatic rings. The molecule has 0 aliphatic heterocycles. The van der Waals surface area contributed by atoms with E-state index in [1.165, 1.54) is 199 Å². The summed E-state index contributed by atoms with van der Waals surface area (Å²) in [5.74, 6) is -0.198. The third kappa shape index (κ3) is 47.0. The van der Waals surface area contributed by atoms with Gasteiger partial charge in [0.05, 0.1) is 39.9 Å². The predicted octanol–water partition coefficient (Wildman–Crippen LogP) is 15.0. The molecule has 0 radical (unpaired) electrons. The normalized spacial score (nSPS) is 14.2. The average molecular weight is 897 g/mol. The largest absolute Gasteiger partial charge is 0.756 e. The van der Waals surface area contributed by atoms with Crippen LogP contribution in [0.2, 0.25) is 0 Å². The Morgan fingerprint density at radius 2 is 0.887 bits per heavy atom. The van der Waals surface area contributed by atoms with Gasteiger partial charge < -0.3 is 28.8 Å². The van der Waals surface area contributed by atoms with Gasteiger partial charge in [0.15, 0.2) is 0 Å². The van der Waals surface area contributed by atoms with Crippen molar-refractivity contribution >= 4 is 13.7 Å². The number of likely N-dealkylation sites (N-methyl/N-ethyl adjacent to an activating group) is 1. The van der Waals surface area contributed by atoms with Crippen LogP contribution in [0.3, 0.4) is 0 Å². The maximum atomic E-state index is 12.9. The topological polar surface area (TPSA) is 108 Å². The van der Waals surface area contributed by atoms with E-state index in [4.69, 9.17) is 9.05 Å². The van der Waals surface area contributed by atoms with Crippen LogP contribution in [0.4, 0.5) is 0 Å². The molecule has 3 unspecified atom stereocenters. The van der Waals surface area contributed by atoms with Crippen molar-refractivity contribution in [3.63, 3.8) is 0 Å². The number of carbonyl (C=O) groups excluding carboxylic acids is 1. The van der Waals surface area contributed by atoms with E-state index < -0.39 is 20.0 Å². The Morgan fingerprint density at radius 1 is 0.548 bits per heavy atom. The highest BCUT2D eigenvalue weighted by Crippen LogP contribution is 2.38. The molecule has 0 aliphatic carbocycles. The Hall–Kier alpha value is -1.02. The lowest BCUT2D eigenvalue weighted by molar-refractivity contribution is -0.870. The van der Waals surface area contributed by atoms with Crippen LogP contribution in [0.25, 0.3) is 0 Å². The third-order valence-electron chi connectivity index (χ3n) is 12.2. The highest BCUT2D eigenvalue weighted by Gasteiger charge is 2.23. The smallest absolute Gasteiger partial charge is 0.268 e. The van der Waals surface area contributed by atoms with Crippen LogP contribution in [-0.2, 0) is 18.4 Å². The monoisotopic (exact) mass is 897 g/mol. The van der Waals surface area contributed by atoms with E-state index >= 15 is 0 Å². The summed E-state index contributed by atoms with van der Waals surface area (Å²) in [6.07, 6.45) is 55.2. The number of unbranched alkanes of at least 4 members (excludes halogenated alkanes) is 34. The quantitative estimate of drug-likeness (QED) is 0.0273. The van der Waals surface area contributed by atoms with Crippen LogP contribution in [0.15, 0.2) is 24.3 Å². The summed E-state index contributed by atoms with van der Waals surface area (Å²) in [7, 11) is 1.27. The predicted molar refractivity (Wildman–Crippen MR) is 265 cm³/mol. The molecule has 0 saturated heterocycles. The van der Waals surface area contributed by atoms with Crippen molar-refractivity contribution in [2.75, 3.05) is 40.9 Å². The van der Waals surface area contributed by atoms with Crippen LogP contribution < -0.4 is 10.2 Å². The number of quaternary nitrogens is 1. The van der Waals surface area contributed by atoms with Crippen LogP contribution in [0, 0.1) is 0 Å². The SMILES string of the molecule is CCCCCCCCCCCCCC/C=C\CCCCCCCCCCC(=O)NC(COP(=O)([O-])OCC[N+](C)(C)C)C(O)/C=C/CCCCCCCCCCCCCCCC. The number of hydrogen-bond acceptors (Lipinski definition) is 6. The summed E-state index contributed by atoms with van der Waals surface area (Å²) in [5, 5.41) is 13.8. The number of aliphatic hydroxyl groups excluding tert-OH is 1. The second-order valence-corrected chi connectivity index (χ2v) is 21.0. The summed E-state index contributed by atoms with van der Waals surface area (Å²) < 4.78 is 23.3. The van der Waals surface area contributed by atoms with E-state index in [-0.39, 0.29) is 19.1 Å². The minimum atomic E-state index is -4.59. The highest BCUT2D eigenvalue weighted by molar-refractivity contribution is 7.45. The van der Waals surface area contributed by atoms with Gasteiger partial charge in [0.1, 0.15) is 13.2 Å². The van der Waals surface area contributed by atoms with E-state index in [2.05, 4.69) is 31.3 Å². The fourth-order valence-electron chi connectivity index (χ4n) is 7.91. The van der Waals surface area contributed by atoms with Gasteiger partial charge in [-0.3, -0.25) is 9.36 Å². The summed E-state index contributed by atoms with van der Waals surface area (Å²) >= 11 is 0. The van der Waals surface area contributed by atoms with Gasteiger partial charge >= 0.3 is 0 Å². The van der Waals surface area contributed by atoms with Crippen molar-refractivity contribution in [2.24, 2.45) is 0 Å². The van der Waals surface area contributed by atoms with Crippen molar-refractivity contribution in [2.45, 2.75) is 270 Å². The van der Waals surface area contributed by atoms with E-state index in [9.17, 15) is 19.4 Å². The lowest BCUT2D eigenvalue weighted by atomic mass is 10.0. The number of phosphoric acid groups is 1. The first-order chi connectivity index (χ1) is 30.0. The van der Waals surface area contributed by atoms with Crippen LogP contribution >= 0.6 is 7.82 Å². The van der Waals surface area contributed by atoms with Crippen molar-refractivity contribution in [1.82, 2.24) is 5.32 Å². The first-order valence-electron chi connectivity index (χ1n) is 26.7. The molecule has 3 atom stereocenters. The molecular formula is C53H105N2O6P. The van der Waals surface area contributed by atoms with Gasteiger partial charge in [0.25, 0.3) is 7.82 Å². The maximum absolute atomic E-state index is 12.9. The molecule has 0 saturated carbocycles. The zero-order chi connectivity index (χ0) is 45.7. The number of allylic oxidation sites excluding steroid dienone is 3. The summed E-state index contributed by atoms with van der Waals surface area (Å²) in [5.41, 5.74) is 0. The van der Waals surface area contributed by atoms with Crippen molar-refractivity contribution in [1.29, 1.82) is 0 Å². The van der Waals surface area contributed by atoms with Gasteiger partial charge in [-0.15, -0.1) is 0 Å². The average Bonchev–Trinajstić information content (AvgIpc) is 3.23. The summed E-state index contributed by atoms with van der Waals surface area (Å²) in [4.78, 5) is 25.4. The summed E-state index contributed by atoms with van der Waals surface area (Å²) in [6, 6.07) is -0.886. The minimum Gasteiger partial charge on any atom is -0.756 e. The molecule has 2 N–H and O–H groups in total. The molecule has 0 aromatic heterocycles. The van der Waals surface area contributed by atoms with E-state index in [0.717, 1.165) is 38.5 Å². The van der Waals surface area contributed by atoms with E-state index in [1.807, 2.05) is 27.2 Å². The third-order valence-corrected chi connectivity index (χ3v) is 13.1. The Bertz CT molecular complexity index is 1060. The molecule has 0 fully saturated rings. The summed E-state index contributed by atoms with van der Waals surface area (Å²) in [6.45, 7) is 4.67. The number of hydrogen-bond donors (Lipinski definition) is 2. The molecule has 0 aromatic carbocycles. The first-order valence-corrected chi connectivity index (χ1v) is 28.2. The highest BCUT2D eigenvalue weighted by atomic mass is 31.2. The fraction of sp³-hybridized carbons (Fsp3) is 0.906. The van der Waals surface area contributed by atoms with Gasteiger partial charge in [-0.25, -0.2) is 0 Å². The zero-order valence-electron chi connectivity index (χ0n) is 41.8.